The van der Waals surface area contributed by atoms with Gasteiger partial charge in [0.2, 0.25) is 0 Å². The van der Waals surface area contributed by atoms with Crippen LogP contribution in [0.25, 0.3) is 11.1 Å². The topological polar surface area (TPSA) is 73.1 Å². The monoisotopic (exact) mass is 399 g/mol. The van der Waals surface area contributed by atoms with Gasteiger partial charge in [-0.3, -0.25) is 9.88 Å². The van der Waals surface area contributed by atoms with Gasteiger partial charge in [-0.1, -0.05) is 11.3 Å². The Kier molecular flexibility index (Phi) is 5.25. The second-order valence-electron chi connectivity index (χ2n) is 6.38. The molecule has 0 bridgehead atoms. The average molecular weight is 399 g/mol. The lowest BCUT2D eigenvalue weighted by Gasteiger charge is -2.14. The Bertz CT molecular complexity index is 965. The van der Waals surface area contributed by atoms with Gasteiger partial charge in [0.1, 0.15) is 11.9 Å². The number of hydrogen-bond donors (Lipinski definition) is 0. The Morgan fingerprint density at radius 3 is 2.89 bits per heavy atom. The van der Waals surface area contributed by atoms with E-state index in [0.29, 0.717) is 29.9 Å². The van der Waals surface area contributed by atoms with Crippen LogP contribution in [0.3, 0.4) is 0 Å². The number of ether oxygens (including phenoxy) is 1. The van der Waals surface area contributed by atoms with Gasteiger partial charge in [0.15, 0.2) is 0 Å². The lowest BCUT2D eigenvalue weighted by molar-refractivity contribution is 0.129. The van der Waals surface area contributed by atoms with Crippen LogP contribution in [0.2, 0.25) is 0 Å². The van der Waals surface area contributed by atoms with Gasteiger partial charge in [-0.2, -0.15) is 11.8 Å². The number of aromatic nitrogens is 4. The second-order valence-corrected chi connectivity index (χ2v) is 7.24. The highest BCUT2D eigenvalue weighted by molar-refractivity contribution is 7.97. The highest BCUT2D eigenvalue weighted by Crippen LogP contribution is 2.29. The predicted molar refractivity (Wildman–Crippen MR) is 104 cm³/mol. The number of carbonyl (C=O) groups excluding carboxylic acids is 1. The van der Waals surface area contributed by atoms with Gasteiger partial charge in [-0.15, -0.1) is 5.10 Å². The number of rotatable bonds is 6. The molecule has 7 nitrogen and oxygen atoms in total. The number of hydrogen-bond acceptors (Lipinski definition) is 6. The minimum Gasteiger partial charge on any atom is -0.442 e. The van der Waals surface area contributed by atoms with Crippen molar-refractivity contribution < 1.29 is 13.9 Å². The summed E-state index contributed by atoms with van der Waals surface area (Å²) in [6.07, 6.45) is 6.06. The van der Waals surface area contributed by atoms with Crippen molar-refractivity contribution in [1.82, 2.24) is 20.0 Å². The van der Waals surface area contributed by atoms with Gasteiger partial charge in [0.05, 0.1) is 30.7 Å². The molecule has 28 heavy (non-hydrogen) atoms. The van der Waals surface area contributed by atoms with E-state index in [1.165, 1.54) is 11.0 Å². The third-order valence-corrected chi connectivity index (χ3v) is 5.01. The van der Waals surface area contributed by atoms with Gasteiger partial charge in [-0.05, 0) is 30.5 Å². The molecule has 1 amide bonds. The quantitative estimate of drug-likeness (QED) is 0.633. The van der Waals surface area contributed by atoms with E-state index >= 15 is 0 Å². The zero-order valence-electron chi connectivity index (χ0n) is 15.2. The van der Waals surface area contributed by atoms with E-state index in [9.17, 15) is 9.18 Å². The van der Waals surface area contributed by atoms with Gasteiger partial charge in [0, 0.05) is 29.3 Å². The van der Waals surface area contributed by atoms with Crippen LogP contribution in [0.15, 0.2) is 48.9 Å². The molecule has 1 aliphatic heterocycles. The summed E-state index contributed by atoms with van der Waals surface area (Å²) in [6, 6.07) is 8.48. The molecule has 1 aliphatic rings. The Morgan fingerprint density at radius 1 is 1.32 bits per heavy atom. The van der Waals surface area contributed by atoms with E-state index in [2.05, 4.69) is 15.3 Å². The molecule has 1 atom stereocenters. The molecule has 4 rings (SSSR count). The van der Waals surface area contributed by atoms with Gasteiger partial charge in [0.25, 0.3) is 0 Å². The number of carbonyl (C=O) groups is 1. The van der Waals surface area contributed by atoms with Gasteiger partial charge < -0.3 is 4.74 Å². The average Bonchev–Trinajstić information content (AvgIpc) is 3.32. The van der Waals surface area contributed by atoms with Crippen molar-refractivity contribution in [2.45, 2.75) is 18.4 Å². The minimum atomic E-state index is -0.500. The molecule has 0 spiro atoms. The summed E-state index contributed by atoms with van der Waals surface area (Å²) in [6.45, 7) is 0.722. The summed E-state index contributed by atoms with van der Waals surface area (Å²) in [4.78, 5) is 18.0. The zero-order chi connectivity index (χ0) is 19.5. The standard InChI is InChI=1S/C19H18FN5O2S/c1-28-12-14-3-2-13(9-21-14)17-5-4-15(8-18(17)20)25-11-16(27-19(25)26)10-24-7-6-22-23-24/h2-9,16H,10-12H2,1H3/t16-/m0/s1. The molecule has 144 valence electrons. The number of nitrogens with zero attached hydrogens (tertiary/aromatic N) is 5. The number of amides is 1. The van der Waals surface area contributed by atoms with Crippen molar-refractivity contribution in [2.75, 3.05) is 17.7 Å². The first-order valence-electron chi connectivity index (χ1n) is 8.70. The van der Waals surface area contributed by atoms with E-state index in [4.69, 9.17) is 4.74 Å². The number of thioether (sulfide) groups is 1. The molecule has 0 radical (unpaired) electrons. The second kappa shape index (κ2) is 7.97. The third-order valence-electron chi connectivity index (χ3n) is 4.43. The molecule has 0 unspecified atom stereocenters. The van der Waals surface area contributed by atoms with Crippen LogP contribution in [0.1, 0.15) is 5.69 Å². The lowest BCUT2D eigenvalue weighted by Crippen LogP contribution is -2.26. The van der Waals surface area contributed by atoms with Gasteiger partial charge >= 0.3 is 6.09 Å². The first kappa shape index (κ1) is 18.4. The van der Waals surface area contributed by atoms with Crippen molar-refractivity contribution in [2.24, 2.45) is 0 Å². The maximum Gasteiger partial charge on any atom is 0.414 e. The number of benzene rings is 1. The summed E-state index contributed by atoms with van der Waals surface area (Å²) < 4.78 is 21.7. The first-order chi connectivity index (χ1) is 13.6. The number of cyclic esters (lactones) is 1. The molecular formula is C19H18FN5O2S. The smallest absolute Gasteiger partial charge is 0.414 e. The van der Waals surface area contributed by atoms with Crippen molar-refractivity contribution >= 4 is 23.5 Å². The van der Waals surface area contributed by atoms with E-state index in [-0.39, 0.29) is 6.10 Å². The van der Waals surface area contributed by atoms with Crippen LogP contribution >= 0.6 is 11.8 Å². The fraction of sp³-hybridized carbons (Fsp3) is 0.263. The van der Waals surface area contributed by atoms with Crippen LogP contribution < -0.4 is 4.90 Å². The number of pyridine rings is 1. The molecule has 1 aromatic carbocycles. The SMILES string of the molecule is CSCc1ccc(-c2ccc(N3C[C@H](Cn4ccnn4)OC3=O)cc2F)cn1. The third kappa shape index (κ3) is 3.84. The van der Waals surface area contributed by atoms with Crippen LogP contribution in [0.5, 0.6) is 0 Å². The molecule has 0 saturated carbocycles. The molecule has 3 heterocycles. The summed E-state index contributed by atoms with van der Waals surface area (Å²) in [5.41, 5.74) is 2.55. The molecule has 3 aromatic rings. The Balaban J connectivity index is 1.50. The molecule has 1 saturated heterocycles. The van der Waals surface area contributed by atoms with Crippen LogP contribution in [-0.2, 0) is 17.0 Å². The molecule has 1 fully saturated rings. The van der Waals surface area contributed by atoms with Crippen LogP contribution in [0.4, 0.5) is 14.9 Å². The Hall–Kier alpha value is -2.94. The lowest BCUT2D eigenvalue weighted by atomic mass is 10.1. The van der Waals surface area contributed by atoms with E-state index in [1.54, 1.807) is 47.2 Å². The molecule has 9 heteroatoms. The summed E-state index contributed by atoms with van der Waals surface area (Å²) in [7, 11) is 0. The van der Waals surface area contributed by atoms with E-state index in [1.807, 2.05) is 18.4 Å². The maximum absolute atomic E-state index is 14.7. The highest BCUT2D eigenvalue weighted by Gasteiger charge is 2.33. The van der Waals surface area contributed by atoms with Crippen molar-refractivity contribution in [3.8, 4) is 11.1 Å². The zero-order valence-corrected chi connectivity index (χ0v) is 16.0. The minimum absolute atomic E-state index is 0.322. The van der Waals surface area contributed by atoms with Crippen molar-refractivity contribution in [3.05, 3.63) is 60.4 Å². The maximum atomic E-state index is 14.7. The normalized spacial score (nSPS) is 16.4. The highest BCUT2D eigenvalue weighted by atomic mass is 32.2. The molecule has 0 N–H and O–H groups in total. The van der Waals surface area contributed by atoms with E-state index < -0.39 is 11.9 Å². The van der Waals surface area contributed by atoms with E-state index in [0.717, 1.165) is 11.4 Å². The fourth-order valence-electron chi connectivity index (χ4n) is 3.09. The summed E-state index contributed by atoms with van der Waals surface area (Å²) in [5, 5.41) is 7.60. The number of anilines is 1. The first-order valence-corrected chi connectivity index (χ1v) is 10.1. The fourth-order valence-corrected chi connectivity index (χ4v) is 3.56. The summed E-state index contributed by atoms with van der Waals surface area (Å²) >= 11 is 1.68. The van der Waals surface area contributed by atoms with Crippen LogP contribution in [0, 0.1) is 5.82 Å². The molecule has 2 aromatic heterocycles. The largest absolute Gasteiger partial charge is 0.442 e. The predicted octanol–water partition coefficient (Wildman–Crippen LogP) is 3.37. The van der Waals surface area contributed by atoms with Crippen molar-refractivity contribution in [1.29, 1.82) is 0 Å². The van der Waals surface area contributed by atoms with Crippen LogP contribution in [-0.4, -0.2) is 45.0 Å². The van der Waals surface area contributed by atoms with Crippen molar-refractivity contribution in [3.63, 3.8) is 0 Å². The number of halogens is 1. The van der Waals surface area contributed by atoms with Gasteiger partial charge in [-0.25, -0.2) is 13.9 Å². The molecular weight excluding hydrogens is 381 g/mol. The Labute approximate surface area is 165 Å². The molecule has 0 aliphatic carbocycles. The summed E-state index contributed by atoms with van der Waals surface area (Å²) in [5.74, 6) is 0.401. The Morgan fingerprint density at radius 2 is 2.21 bits per heavy atom.